The minimum Gasteiger partial charge on any atom is -0.310 e. The lowest BCUT2D eigenvalue weighted by atomic mass is 9.67. The number of para-hydroxylation sites is 2. The van der Waals surface area contributed by atoms with E-state index in [2.05, 4.69) is 351 Å². The Morgan fingerprint density at radius 3 is 1.05 bits per heavy atom. The average Bonchev–Trinajstić information content (AvgIpc) is 1.54. The molecule has 2 aliphatic carbocycles. The second kappa shape index (κ2) is 21.0. The molecule has 0 amide bonds. The molecular formula is C87H57N. The van der Waals surface area contributed by atoms with Crippen LogP contribution in [-0.4, -0.2) is 0 Å². The highest BCUT2D eigenvalue weighted by Gasteiger charge is 2.49. The number of rotatable bonds is 11. The Labute approximate surface area is 514 Å². The van der Waals surface area contributed by atoms with Crippen molar-refractivity contribution in [3.8, 4) is 100 Å². The Balaban J connectivity index is 1.05. The maximum Gasteiger partial charge on any atom is 0.0714 e. The van der Waals surface area contributed by atoms with Gasteiger partial charge in [-0.3, -0.25) is 0 Å². The molecule has 0 N–H and O–H groups in total. The van der Waals surface area contributed by atoms with Crippen molar-refractivity contribution in [2.45, 2.75) is 5.41 Å². The fourth-order valence-corrected chi connectivity index (χ4v) is 15.2. The second-order valence-electron chi connectivity index (χ2n) is 23.3. The van der Waals surface area contributed by atoms with Crippen molar-refractivity contribution in [1.82, 2.24) is 0 Å². The van der Waals surface area contributed by atoms with Crippen molar-refractivity contribution in [3.05, 3.63) is 368 Å². The smallest absolute Gasteiger partial charge is 0.0714 e. The molecule has 0 radical (unpaired) electrons. The van der Waals surface area contributed by atoms with Crippen LogP contribution in [-0.2, 0) is 5.41 Å². The van der Waals surface area contributed by atoms with E-state index in [0.29, 0.717) is 0 Å². The number of nitrogens with zero attached hydrogens (tertiary/aromatic N) is 1. The van der Waals surface area contributed by atoms with Crippen LogP contribution in [0.25, 0.3) is 122 Å². The molecule has 2 aliphatic rings. The Bertz CT molecular complexity index is 5060. The van der Waals surface area contributed by atoms with Crippen molar-refractivity contribution in [3.63, 3.8) is 0 Å². The molecule has 410 valence electrons. The predicted molar refractivity (Wildman–Crippen MR) is 370 cm³/mol. The number of hydrogen-bond donors (Lipinski definition) is 0. The summed E-state index contributed by atoms with van der Waals surface area (Å²) in [6, 6.07) is 129. The minimum absolute atomic E-state index is 0.752. The molecule has 0 bridgehead atoms. The molecule has 0 aliphatic heterocycles. The number of anilines is 3. The topological polar surface area (TPSA) is 3.24 Å². The van der Waals surface area contributed by atoms with E-state index in [9.17, 15) is 0 Å². The highest BCUT2D eigenvalue weighted by atomic mass is 15.1. The van der Waals surface area contributed by atoms with Gasteiger partial charge in [0, 0.05) is 17.1 Å². The summed E-state index contributed by atoms with van der Waals surface area (Å²) in [5.41, 5.74) is 29.4. The molecule has 15 aromatic carbocycles. The first kappa shape index (κ1) is 51.1. The van der Waals surface area contributed by atoms with Crippen molar-refractivity contribution >= 4 is 38.6 Å². The number of fused-ring (bicyclic) bond motifs is 8. The monoisotopic (exact) mass is 1120 g/mol. The molecule has 0 unspecified atom stereocenters. The molecule has 0 fully saturated rings. The van der Waals surface area contributed by atoms with Crippen LogP contribution >= 0.6 is 0 Å². The summed E-state index contributed by atoms with van der Waals surface area (Å²) in [5.74, 6) is 0. The third kappa shape index (κ3) is 7.87. The molecule has 0 heterocycles. The third-order valence-corrected chi connectivity index (χ3v) is 18.7. The summed E-state index contributed by atoms with van der Waals surface area (Å²) in [4.78, 5) is 2.41. The highest BCUT2D eigenvalue weighted by molar-refractivity contribution is 6.31. The Morgan fingerprint density at radius 2 is 0.568 bits per heavy atom. The Hall–Kier alpha value is -11.4. The zero-order valence-corrected chi connectivity index (χ0v) is 48.4. The van der Waals surface area contributed by atoms with E-state index in [-0.39, 0.29) is 0 Å². The number of benzene rings is 15. The molecule has 0 spiro atoms. The van der Waals surface area contributed by atoms with Crippen LogP contribution in [0.5, 0.6) is 0 Å². The lowest BCUT2D eigenvalue weighted by Gasteiger charge is -2.35. The van der Waals surface area contributed by atoms with Gasteiger partial charge in [0.25, 0.3) is 0 Å². The molecule has 0 saturated heterocycles. The summed E-state index contributed by atoms with van der Waals surface area (Å²) in [7, 11) is 0. The molecule has 1 heteroatoms. The maximum atomic E-state index is 2.66. The van der Waals surface area contributed by atoms with Crippen LogP contribution in [0, 0.1) is 0 Å². The van der Waals surface area contributed by atoms with Crippen molar-refractivity contribution in [2.75, 3.05) is 4.90 Å². The van der Waals surface area contributed by atoms with Crippen LogP contribution in [0.3, 0.4) is 0 Å². The molecule has 0 atom stereocenters. The zero-order chi connectivity index (χ0) is 58.1. The quantitative estimate of drug-likeness (QED) is 0.125. The van der Waals surface area contributed by atoms with Gasteiger partial charge in [0.15, 0.2) is 0 Å². The van der Waals surface area contributed by atoms with E-state index < -0.39 is 5.41 Å². The van der Waals surface area contributed by atoms with Gasteiger partial charge in [0.2, 0.25) is 0 Å². The lowest BCUT2D eigenvalue weighted by Crippen LogP contribution is -2.29. The van der Waals surface area contributed by atoms with E-state index in [1.54, 1.807) is 0 Å². The van der Waals surface area contributed by atoms with Gasteiger partial charge in [-0.1, -0.05) is 303 Å². The van der Waals surface area contributed by atoms with Crippen LogP contribution in [0.2, 0.25) is 0 Å². The van der Waals surface area contributed by atoms with Crippen molar-refractivity contribution < 1.29 is 0 Å². The zero-order valence-electron chi connectivity index (χ0n) is 48.4. The fraction of sp³-hybridized carbons (Fsp3) is 0.0115. The van der Waals surface area contributed by atoms with Crippen LogP contribution in [0.1, 0.15) is 22.3 Å². The second-order valence-corrected chi connectivity index (χ2v) is 23.3. The van der Waals surface area contributed by atoms with Gasteiger partial charge in [0.05, 0.1) is 5.41 Å². The van der Waals surface area contributed by atoms with Crippen molar-refractivity contribution in [1.29, 1.82) is 0 Å². The summed E-state index contributed by atoms with van der Waals surface area (Å²) >= 11 is 0. The normalized spacial score (nSPS) is 12.4. The van der Waals surface area contributed by atoms with E-state index in [1.807, 2.05) is 0 Å². The van der Waals surface area contributed by atoms with E-state index in [1.165, 1.54) is 144 Å². The molecule has 0 aromatic heterocycles. The molecular weight excluding hydrogens is 1060 g/mol. The van der Waals surface area contributed by atoms with Gasteiger partial charge in [-0.25, -0.2) is 0 Å². The first-order valence-corrected chi connectivity index (χ1v) is 30.6. The van der Waals surface area contributed by atoms with E-state index >= 15 is 0 Å². The predicted octanol–water partition coefficient (Wildman–Crippen LogP) is 23.5. The van der Waals surface area contributed by atoms with Crippen LogP contribution in [0.15, 0.2) is 346 Å². The van der Waals surface area contributed by atoms with Gasteiger partial charge < -0.3 is 4.90 Å². The molecule has 0 saturated carbocycles. The summed E-state index contributed by atoms with van der Waals surface area (Å²) < 4.78 is 0. The first-order valence-electron chi connectivity index (χ1n) is 30.6. The summed E-state index contributed by atoms with van der Waals surface area (Å²) in [5, 5.41) is 4.94. The van der Waals surface area contributed by atoms with E-state index in [0.717, 1.165) is 17.1 Å². The Morgan fingerprint density at radius 1 is 0.193 bits per heavy atom. The SMILES string of the molecule is c1ccc(-c2cccc(-c3c4c(c(-c5cccc(-c6ccccc6)c5-c5ccccc5)c5ccccc35)-c3cc5c(c6cccc-4c36)-c3ccc(N(c4ccccc4)c4ccccc4)cc3C5(c3ccccc3)c3ccccc3)c2-c2ccccc2)cc1. The Kier molecular flexibility index (Phi) is 12.2. The lowest BCUT2D eigenvalue weighted by molar-refractivity contribution is 0.769. The fourth-order valence-electron chi connectivity index (χ4n) is 15.2. The van der Waals surface area contributed by atoms with Gasteiger partial charge in [0.1, 0.15) is 0 Å². The van der Waals surface area contributed by atoms with E-state index in [4.69, 9.17) is 0 Å². The molecule has 15 aromatic rings. The molecule has 88 heavy (non-hydrogen) atoms. The molecule has 17 rings (SSSR count). The third-order valence-electron chi connectivity index (χ3n) is 18.7. The average molecular weight is 1120 g/mol. The van der Waals surface area contributed by atoms with Gasteiger partial charge in [-0.2, -0.15) is 0 Å². The summed E-state index contributed by atoms with van der Waals surface area (Å²) in [6.45, 7) is 0. The highest BCUT2D eigenvalue weighted by Crippen LogP contribution is 2.66. The molecule has 1 nitrogen and oxygen atoms in total. The number of hydrogen-bond acceptors (Lipinski definition) is 1. The first-order chi connectivity index (χ1) is 43.7. The largest absolute Gasteiger partial charge is 0.310 e. The maximum absolute atomic E-state index is 2.66. The van der Waals surface area contributed by atoms with Crippen LogP contribution in [0.4, 0.5) is 17.1 Å². The van der Waals surface area contributed by atoms with Crippen molar-refractivity contribution in [2.24, 2.45) is 0 Å². The van der Waals surface area contributed by atoms with Gasteiger partial charge in [-0.15, -0.1) is 0 Å². The minimum atomic E-state index is -0.752. The van der Waals surface area contributed by atoms with Gasteiger partial charge in [-0.05, 0) is 186 Å². The standard InChI is InChI=1S/C87H57N/c1-9-30-58(31-10-1)67-48-27-50-72(79(67)60-34-13-3-14-35-60)83-69-46-25-26-47-70(69)84(73-51-28-49-68(59-32-11-2-12-33-59)80(73)61-36-15-4-16-37-61)86-76-57-78-82(74-52-29-53-75(81(74)76)85(83)86)71-55-54-66(88(64-42-21-7-22-43-64)65-44-23-8-24-45-65)56-77(71)87(78,62-38-17-5-18-39-62)63-40-19-6-20-41-63/h1-57H. The van der Waals surface area contributed by atoms with Crippen LogP contribution < -0.4 is 4.90 Å². The van der Waals surface area contributed by atoms with Gasteiger partial charge >= 0.3 is 0 Å². The summed E-state index contributed by atoms with van der Waals surface area (Å²) in [6.07, 6.45) is 0.